The number of piperidine rings is 1. The summed E-state index contributed by atoms with van der Waals surface area (Å²) in [5.41, 5.74) is 6.99. The van der Waals surface area contributed by atoms with Gasteiger partial charge in [-0.05, 0) is 49.0 Å². The van der Waals surface area contributed by atoms with Crippen molar-refractivity contribution in [3.8, 4) is 0 Å². The highest BCUT2D eigenvalue weighted by atomic mass is 32.2. The van der Waals surface area contributed by atoms with Crippen LogP contribution < -0.4 is 5.73 Å². The maximum Gasteiger partial charge on any atom is 0.242 e. The SMILES string of the molecule is CC1CCN(Cc2ccc(S(=O)(=O)N(C)C)cc2)CC1CN. The highest BCUT2D eigenvalue weighted by Gasteiger charge is 2.25. The van der Waals surface area contributed by atoms with Crippen LogP contribution in [0.1, 0.15) is 18.9 Å². The van der Waals surface area contributed by atoms with Gasteiger partial charge in [-0.2, -0.15) is 0 Å². The lowest BCUT2D eigenvalue weighted by Crippen LogP contribution is -2.42. The van der Waals surface area contributed by atoms with Gasteiger partial charge in [-0.15, -0.1) is 0 Å². The molecule has 0 amide bonds. The van der Waals surface area contributed by atoms with Crippen LogP contribution in [0, 0.1) is 11.8 Å². The minimum Gasteiger partial charge on any atom is -0.330 e. The van der Waals surface area contributed by atoms with Crippen LogP contribution in [0.2, 0.25) is 0 Å². The number of benzene rings is 1. The monoisotopic (exact) mass is 325 g/mol. The number of likely N-dealkylation sites (tertiary alicyclic amines) is 1. The number of sulfonamides is 1. The molecule has 1 aliphatic heterocycles. The molecule has 0 bridgehead atoms. The average molecular weight is 325 g/mol. The van der Waals surface area contributed by atoms with Crippen molar-refractivity contribution < 1.29 is 8.42 Å². The second kappa shape index (κ2) is 7.08. The Labute approximate surface area is 134 Å². The Bertz CT molecular complexity index is 584. The van der Waals surface area contributed by atoms with Crippen molar-refractivity contribution in [2.24, 2.45) is 17.6 Å². The van der Waals surface area contributed by atoms with Gasteiger partial charge < -0.3 is 5.73 Å². The molecule has 124 valence electrons. The van der Waals surface area contributed by atoms with E-state index in [1.165, 1.54) is 10.7 Å². The molecule has 2 N–H and O–H groups in total. The molecule has 1 fully saturated rings. The standard InChI is InChI=1S/C16H27N3O2S/c1-13-8-9-19(12-15(13)10-17)11-14-4-6-16(7-5-14)22(20,21)18(2)3/h4-7,13,15H,8-12,17H2,1-3H3. The largest absolute Gasteiger partial charge is 0.330 e. The molecule has 0 spiro atoms. The zero-order valence-corrected chi connectivity index (χ0v) is 14.5. The van der Waals surface area contributed by atoms with Crippen LogP contribution in [0.25, 0.3) is 0 Å². The number of hydrogen-bond acceptors (Lipinski definition) is 4. The maximum atomic E-state index is 12.1. The van der Waals surface area contributed by atoms with Crippen molar-refractivity contribution in [3.63, 3.8) is 0 Å². The van der Waals surface area contributed by atoms with Crippen molar-refractivity contribution in [1.82, 2.24) is 9.21 Å². The Kier molecular flexibility index (Phi) is 5.60. The van der Waals surface area contributed by atoms with E-state index < -0.39 is 10.0 Å². The van der Waals surface area contributed by atoms with E-state index in [1.54, 1.807) is 26.2 Å². The summed E-state index contributed by atoms with van der Waals surface area (Å²) in [4.78, 5) is 2.75. The summed E-state index contributed by atoms with van der Waals surface area (Å²) in [6, 6.07) is 7.20. The molecule has 5 nitrogen and oxygen atoms in total. The number of nitrogens with zero attached hydrogens (tertiary/aromatic N) is 2. The fourth-order valence-electron chi connectivity index (χ4n) is 2.91. The first-order valence-corrected chi connectivity index (χ1v) is 9.22. The molecule has 1 aromatic carbocycles. The lowest BCUT2D eigenvalue weighted by molar-refractivity contribution is 0.126. The molecule has 2 atom stereocenters. The van der Waals surface area contributed by atoms with Gasteiger partial charge in [-0.25, -0.2) is 12.7 Å². The average Bonchev–Trinajstić information content (AvgIpc) is 2.49. The Morgan fingerprint density at radius 2 is 1.91 bits per heavy atom. The zero-order valence-electron chi connectivity index (χ0n) is 13.7. The second-order valence-corrected chi connectivity index (χ2v) is 8.58. The van der Waals surface area contributed by atoms with E-state index in [0.717, 1.165) is 31.7 Å². The summed E-state index contributed by atoms with van der Waals surface area (Å²) in [6.07, 6.45) is 1.18. The van der Waals surface area contributed by atoms with Gasteiger partial charge in [0.1, 0.15) is 0 Å². The van der Waals surface area contributed by atoms with Crippen molar-refractivity contribution in [2.45, 2.75) is 24.8 Å². The lowest BCUT2D eigenvalue weighted by atomic mass is 9.87. The van der Waals surface area contributed by atoms with Gasteiger partial charge in [0.05, 0.1) is 4.90 Å². The van der Waals surface area contributed by atoms with E-state index >= 15 is 0 Å². The van der Waals surface area contributed by atoms with Gasteiger partial charge >= 0.3 is 0 Å². The number of hydrogen-bond donors (Lipinski definition) is 1. The van der Waals surface area contributed by atoms with Crippen molar-refractivity contribution in [2.75, 3.05) is 33.7 Å². The summed E-state index contributed by atoms with van der Waals surface area (Å²) in [5.74, 6) is 1.25. The Balaban J connectivity index is 2.03. The van der Waals surface area contributed by atoms with Crippen molar-refractivity contribution in [3.05, 3.63) is 29.8 Å². The van der Waals surface area contributed by atoms with Crippen LogP contribution in [-0.4, -0.2) is 51.4 Å². The third kappa shape index (κ3) is 3.87. The predicted molar refractivity (Wildman–Crippen MR) is 88.9 cm³/mol. The molecule has 0 aromatic heterocycles. The normalized spacial score (nSPS) is 23.9. The van der Waals surface area contributed by atoms with Crippen molar-refractivity contribution >= 4 is 10.0 Å². The van der Waals surface area contributed by atoms with Gasteiger partial charge in [0.15, 0.2) is 0 Å². The molecular weight excluding hydrogens is 298 g/mol. The van der Waals surface area contributed by atoms with Crippen LogP contribution in [0.3, 0.4) is 0 Å². The van der Waals surface area contributed by atoms with Crippen LogP contribution in [0.4, 0.5) is 0 Å². The minimum absolute atomic E-state index is 0.341. The Morgan fingerprint density at radius 1 is 1.27 bits per heavy atom. The third-order valence-electron chi connectivity index (χ3n) is 4.61. The number of nitrogens with two attached hydrogens (primary N) is 1. The fraction of sp³-hybridized carbons (Fsp3) is 0.625. The van der Waals surface area contributed by atoms with E-state index in [2.05, 4.69) is 11.8 Å². The smallest absolute Gasteiger partial charge is 0.242 e. The maximum absolute atomic E-state index is 12.1. The van der Waals surface area contributed by atoms with Gasteiger partial charge in [0, 0.05) is 27.2 Å². The first kappa shape index (κ1) is 17.4. The highest BCUT2D eigenvalue weighted by molar-refractivity contribution is 7.89. The summed E-state index contributed by atoms with van der Waals surface area (Å²) in [5, 5.41) is 0. The van der Waals surface area contributed by atoms with Gasteiger partial charge in [0.2, 0.25) is 10.0 Å². The van der Waals surface area contributed by atoms with Crippen LogP contribution in [0.15, 0.2) is 29.2 Å². The van der Waals surface area contributed by atoms with Crippen LogP contribution >= 0.6 is 0 Å². The Morgan fingerprint density at radius 3 is 2.45 bits per heavy atom. The molecule has 1 saturated heterocycles. The predicted octanol–water partition coefficient (Wildman–Crippen LogP) is 1.35. The molecule has 1 aromatic rings. The molecule has 0 saturated carbocycles. The van der Waals surface area contributed by atoms with E-state index in [0.29, 0.717) is 16.7 Å². The third-order valence-corrected chi connectivity index (χ3v) is 6.44. The van der Waals surface area contributed by atoms with Crippen LogP contribution in [-0.2, 0) is 16.6 Å². The fourth-order valence-corrected chi connectivity index (χ4v) is 3.81. The summed E-state index contributed by atoms with van der Waals surface area (Å²) >= 11 is 0. The van der Waals surface area contributed by atoms with E-state index in [1.807, 2.05) is 12.1 Å². The molecule has 6 heteroatoms. The quantitative estimate of drug-likeness (QED) is 0.887. The molecular formula is C16H27N3O2S. The minimum atomic E-state index is -3.34. The lowest BCUT2D eigenvalue weighted by Gasteiger charge is -2.36. The van der Waals surface area contributed by atoms with Crippen LogP contribution in [0.5, 0.6) is 0 Å². The molecule has 1 heterocycles. The molecule has 22 heavy (non-hydrogen) atoms. The molecule has 1 aliphatic rings. The second-order valence-electron chi connectivity index (χ2n) is 6.43. The summed E-state index contributed by atoms with van der Waals surface area (Å²) in [7, 11) is -0.250. The van der Waals surface area contributed by atoms with Gasteiger partial charge in [0.25, 0.3) is 0 Å². The molecule has 0 radical (unpaired) electrons. The first-order valence-electron chi connectivity index (χ1n) is 7.78. The zero-order chi connectivity index (χ0) is 16.3. The first-order chi connectivity index (χ1) is 10.3. The highest BCUT2D eigenvalue weighted by Crippen LogP contribution is 2.24. The van der Waals surface area contributed by atoms with E-state index in [9.17, 15) is 8.42 Å². The van der Waals surface area contributed by atoms with Gasteiger partial charge in [-0.1, -0.05) is 19.1 Å². The molecule has 2 unspecified atom stereocenters. The molecule has 2 rings (SSSR count). The van der Waals surface area contributed by atoms with E-state index in [-0.39, 0.29) is 0 Å². The van der Waals surface area contributed by atoms with Gasteiger partial charge in [-0.3, -0.25) is 4.90 Å². The molecule has 0 aliphatic carbocycles. The Hall–Kier alpha value is -0.950. The summed E-state index contributed by atoms with van der Waals surface area (Å²) < 4.78 is 25.3. The number of rotatable bonds is 5. The van der Waals surface area contributed by atoms with Crippen molar-refractivity contribution in [1.29, 1.82) is 0 Å². The topological polar surface area (TPSA) is 66.6 Å². The summed E-state index contributed by atoms with van der Waals surface area (Å²) in [6.45, 7) is 5.96. The van der Waals surface area contributed by atoms with E-state index in [4.69, 9.17) is 5.73 Å².